The van der Waals surface area contributed by atoms with Crippen molar-refractivity contribution >= 4 is 11.9 Å². The van der Waals surface area contributed by atoms with E-state index in [2.05, 4.69) is 5.10 Å². The summed E-state index contributed by atoms with van der Waals surface area (Å²) in [6.07, 6.45) is 4.79. The van der Waals surface area contributed by atoms with E-state index in [1.165, 1.54) is 10.8 Å². The Hall–Kier alpha value is -2.56. The molecule has 2 aromatic rings. The van der Waals surface area contributed by atoms with Gasteiger partial charge in [-0.3, -0.25) is 9.48 Å². The Balaban J connectivity index is 2.28. The number of carbonyl (C=O) groups is 1. The van der Waals surface area contributed by atoms with Crippen molar-refractivity contribution in [2.24, 2.45) is 7.05 Å². The number of methoxy groups -OCH3 is 2. The van der Waals surface area contributed by atoms with Crippen LogP contribution < -0.4 is 9.47 Å². The van der Waals surface area contributed by atoms with Crippen molar-refractivity contribution in [1.29, 1.82) is 0 Å². The quantitative estimate of drug-likeness (QED) is 0.619. The molecule has 5 heteroatoms. The minimum atomic E-state index is -0.116. The molecule has 0 saturated carbocycles. The normalized spacial score (nSPS) is 10.8. The lowest BCUT2D eigenvalue weighted by molar-refractivity contribution is 0.103. The molecule has 1 aromatic carbocycles. The van der Waals surface area contributed by atoms with Gasteiger partial charge in [0.05, 0.1) is 14.2 Å². The molecule has 0 saturated heterocycles. The topological polar surface area (TPSA) is 53.3 Å². The zero-order chi connectivity index (χ0) is 14.5. The van der Waals surface area contributed by atoms with E-state index in [1.54, 1.807) is 45.7 Å². The Bertz CT molecular complexity index is 644. The van der Waals surface area contributed by atoms with E-state index >= 15 is 0 Å². The number of hydrogen-bond donors (Lipinski definition) is 0. The summed E-state index contributed by atoms with van der Waals surface area (Å²) in [6, 6.07) is 7.18. The molecule has 0 radical (unpaired) electrons. The second kappa shape index (κ2) is 6.06. The van der Waals surface area contributed by atoms with Crippen molar-refractivity contribution in [2.75, 3.05) is 14.2 Å². The highest BCUT2D eigenvalue weighted by Gasteiger charge is 2.09. The third-order valence-electron chi connectivity index (χ3n) is 2.92. The lowest BCUT2D eigenvalue weighted by atomic mass is 10.1. The molecule has 5 nitrogen and oxygen atoms in total. The summed E-state index contributed by atoms with van der Waals surface area (Å²) >= 11 is 0. The van der Waals surface area contributed by atoms with Crippen molar-refractivity contribution in [3.8, 4) is 11.5 Å². The molecule has 1 aromatic heterocycles. The van der Waals surface area contributed by atoms with Crippen molar-refractivity contribution in [3.63, 3.8) is 0 Å². The van der Waals surface area contributed by atoms with Gasteiger partial charge in [0.1, 0.15) is 5.69 Å². The number of benzene rings is 1. The number of aryl methyl sites for hydroxylation is 1. The highest BCUT2D eigenvalue weighted by atomic mass is 16.5. The van der Waals surface area contributed by atoms with Crippen LogP contribution in [0.3, 0.4) is 0 Å². The molecule has 104 valence electrons. The lowest BCUT2D eigenvalue weighted by Crippen LogP contribution is -2.03. The fourth-order valence-electron chi connectivity index (χ4n) is 1.91. The van der Waals surface area contributed by atoms with Crippen LogP contribution in [0, 0.1) is 0 Å². The molecule has 2 rings (SSSR count). The average Bonchev–Trinajstić information content (AvgIpc) is 2.90. The van der Waals surface area contributed by atoms with E-state index in [0.29, 0.717) is 17.2 Å². The van der Waals surface area contributed by atoms with Gasteiger partial charge in [0.25, 0.3) is 0 Å². The smallest absolute Gasteiger partial charge is 0.203 e. The number of allylic oxidation sites excluding steroid dienone is 1. The van der Waals surface area contributed by atoms with Crippen LogP contribution in [0.2, 0.25) is 0 Å². The second-order valence-corrected chi connectivity index (χ2v) is 4.12. The van der Waals surface area contributed by atoms with Crippen LogP contribution in [0.5, 0.6) is 11.5 Å². The molecule has 0 bridgehead atoms. The molecule has 0 unspecified atom stereocenters. The molecule has 0 amide bonds. The predicted octanol–water partition coefficient (Wildman–Crippen LogP) is 2.33. The van der Waals surface area contributed by atoms with Crippen LogP contribution in [0.15, 0.2) is 36.5 Å². The maximum Gasteiger partial charge on any atom is 0.203 e. The summed E-state index contributed by atoms with van der Waals surface area (Å²) < 4.78 is 12.1. The Morgan fingerprint density at radius 3 is 2.65 bits per heavy atom. The maximum absolute atomic E-state index is 12.0. The zero-order valence-electron chi connectivity index (χ0n) is 11.7. The SMILES string of the molecule is COc1cccc(/C=C/C(=O)c2ccnn2C)c1OC. The van der Waals surface area contributed by atoms with Gasteiger partial charge in [-0.25, -0.2) is 0 Å². The molecule has 1 heterocycles. The first-order chi connectivity index (χ1) is 9.67. The Kier molecular flexibility index (Phi) is 4.20. The van der Waals surface area contributed by atoms with Crippen molar-refractivity contribution in [2.45, 2.75) is 0 Å². The first kappa shape index (κ1) is 13.9. The van der Waals surface area contributed by atoms with Crippen molar-refractivity contribution < 1.29 is 14.3 Å². The lowest BCUT2D eigenvalue weighted by Gasteiger charge is -2.09. The van der Waals surface area contributed by atoms with E-state index in [9.17, 15) is 4.79 Å². The average molecular weight is 272 g/mol. The van der Waals surface area contributed by atoms with Gasteiger partial charge in [-0.05, 0) is 24.3 Å². The third-order valence-corrected chi connectivity index (χ3v) is 2.92. The van der Waals surface area contributed by atoms with Gasteiger partial charge >= 0.3 is 0 Å². The summed E-state index contributed by atoms with van der Waals surface area (Å²) in [5, 5.41) is 3.97. The number of rotatable bonds is 5. The van der Waals surface area contributed by atoms with Gasteiger partial charge in [0.2, 0.25) is 5.78 Å². The van der Waals surface area contributed by atoms with Crippen LogP contribution in [-0.2, 0) is 7.05 Å². The highest BCUT2D eigenvalue weighted by Crippen LogP contribution is 2.31. The molecule has 0 aliphatic carbocycles. The fourth-order valence-corrected chi connectivity index (χ4v) is 1.91. The second-order valence-electron chi connectivity index (χ2n) is 4.12. The maximum atomic E-state index is 12.0. The standard InChI is InChI=1S/C15H16N2O3/c1-17-12(9-10-16-17)13(18)8-7-11-5-4-6-14(19-2)15(11)20-3/h4-10H,1-3H3/b8-7+. The van der Waals surface area contributed by atoms with E-state index in [4.69, 9.17) is 9.47 Å². The van der Waals surface area contributed by atoms with E-state index in [1.807, 2.05) is 12.1 Å². The molecule has 0 spiro atoms. The van der Waals surface area contributed by atoms with Crippen molar-refractivity contribution in [1.82, 2.24) is 9.78 Å². The number of ether oxygens (including phenoxy) is 2. The van der Waals surface area contributed by atoms with Gasteiger partial charge in [0, 0.05) is 18.8 Å². The van der Waals surface area contributed by atoms with E-state index in [0.717, 1.165) is 5.56 Å². The monoisotopic (exact) mass is 272 g/mol. The van der Waals surface area contributed by atoms with E-state index < -0.39 is 0 Å². The number of ketones is 1. The Labute approximate surface area is 117 Å². The number of carbonyl (C=O) groups excluding carboxylic acids is 1. The first-order valence-electron chi connectivity index (χ1n) is 6.08. The number of hydrogen-bond acceptors (Lipinski definition) is 4. The van der Waals surface area contributed by atoms with Crippen LogP contribution >= 0.6 is 0 Å². The number of para-hydroxylation sites is 1. The van der Waals surface area contributed by atoms with Gasteiger partial charge in [-0.2, -0.15) is 5.10 Å². The summed E-state index contributed by atoms with van der Waals surface area (Å²) in [5.74, 6) is 1.11. The zero-order valence-corrected chi connectivity index (χ0v) is 11.7. The van der Waals surface area contributed by atoms with Gasteiger partial charge in [-0.1, -0.05) is 12.1 Å². The molecule has 0 aliphatic heterocycles. The molecule has 0 aliphatic rings. The predicted molar refractivity (Wildman–Crippen MR) is 76.1 cm³/mol. The minimum Gasteiger partial charge on any atom is -0.493 e. The molecular formula is C15H16N2O3. The minimum absolute atomic E-state index is 0.116. The summed E-state index contributed by atoms with van der Waals surface area (Å²) in [7, 11) is 4.87. The van der Waals surface area contributed by atoms with Crippen LogP contribution in [0.4, 0.5) is 0 Å². The van der Waals surface area contributed by atoms with Gasteiger partial charge < -0.3 is 9.47 Å². The molecule has 20 heavy (non-hydrogen) atoms. The molecular weight excluding hydrogens is 256 g/mol. The van der Waals surface area contributed by atoms with Crippen LogP contribution in [-0.4, -0.2) is 29.8 Å². The van der Waals surface area contributed by atoms with Crippen LogP contribution in [0.25, 0.3) is 6.08 Å². The number of nitrogens with zero attached hydrogens (tertiary/aromatic N) is 2. The fraction of sp³-hybridized carbons (Fsp3) is 0.200. The largest absolute Gasteiger partial charge is 0.493 e. The molecule has 0 fully saturated rings. The molecule has 0 atom stereocenters. The van der Waals surface area contributed by atoms with Crippen molar-refractivity contribution in [3.05, 3.63) is 47.8 Å². The summed E-state index contributed by atoms with van der Waals surface area (Å²) in [5.41, 5.74) is 1.31. The van der Waals surface area contributed by atoms with Gasteiger partial charge in [-0.15, -0.1) is 0 Å². The Morgan fingerprint density at radius 2 is 2.05 bits per heavy atom. The van der Waals surface area contributed by atoms with E-state index in [-0.39, 0.29) is 5.78 Å². The number of aromatic nitrogens is 2. The Morgan fingerprint density at radius 1 is 1.25 bits per heavy atom. The summed E-state index contributed by atoms with van der Waals surface area (Å²) in [6.45, 7) is 0. The first-order valence-corrected chi connectivity index (χ1v) is 6.08. The molecule has 0 N–H and O–H groups in total. The van der Waals surface area contributed by atoms with Crippen LogP contribution in [0.1, 0.15) is 16.1 Å². The highest BCUT2D eigenvalue weighted by molar-refractivity contribution is 6.05. The summed E-state index contributed by atoms with van der Waals surface area (Å²) in [4.78, 5) is 12.0. The third kappa shape index (κ3) is 2.71. The van der Waals surface area contributed by atoms with Gasteiger partial charge in [0.15, 0.2) is 11.5 Å².